The molecule has 2 aromatic carbocycles. The van der Waals surface area contributed by atoms with E-state index in [1.165, 1.54) is 81.1 Å². The van der Waals surface area contributed by atoms with Gasteiger partial charge in [0.1, 0.15) is 88.1 Å². The number of nitrogens with one attached hydrogen (secondary N) is 14. The van der Waals surface area contributed by atoms with Gasteiger partial charge in [0.2, 0.25) is 106 Å². The van der Waals surface area contributed by atoms with Crippen molar-refractivity contribution in [2.24, 2.45) is 29.2 Å². The fourth-order valence-corrected chi connectivity index (χ4v) is 15.8. The fourth-order valence-electron chi connectivity index (χ4n) is 15.8. The second-order valence-corrected chi connectivity index (χ2v) is 37.6. The number of aliphatic hydroxyl groups excluding tert-OH is 4. The first-order valence-corrected chi connectivity index (χ1v) is 44.2. The number of aromatic nitrogens is 1. The zero-order chi connectivity index (χ0) is 97.7. The number of rotatable bonds is 46. The average Bonchev–Trinajstić information content (AvgIpc) is 1.63. The van der Waals surface area contributed by atoms with Gasteiger partial charge in [0, 0.05) is 75.8 Å². The number of aromatic amines is 1. The van der Waals surface area contributed by atoms with Crippen LogP contribution in [0, 0.1) is 17.8 Å². The Hall–Kier alpha value is -11.7. The second kappa shape index (κ2) is 46.2. The van der Waals surface area contributed by atoms with E-state index in [9.17, 15) is 107 Å². The van der Waals surface area contributed by atoms with Gasteiger partial charge in [-0.1, -0.05) is 103 Å². The third-order valence-electron chi connectivity index (χ3n) is 23.7. The lowest BCUT2D eigenvalue weighted by Crippen LogP contribution is -2.66. The Morgan fingerprint density at radius 3 is 1.42 bits per heavy atom. The number of hydrogen-bond acceptors (Lipinski definition) is 22. The molecule has 6 rings (SSSR count). The molecule has 0 spiro atoms. The zero-order valence-corrected chi connectivity index (χ0v) is 77.7. The molecule has 3 fully saturated rings. The van der Waals surface area contributed by atoms with Crippen molar-refractivity contribution in [2.45, 2.75) is 321 Å². The van der Waals surface area contributed by atoms with Crippen LogP contribution >= 0.6 is 0 Å². The van der Waals surface area contributed by atoms with Gasteiger partial charge in [-0.15, -0.1) is 0 Å². The molecule has 22 N–H and O–H groups in total. The van der Waals surface area contributed by atoms with E-state index in [1.54, 1.807) is 47.7 Å². The predicted octanol–water partition coefficient (Wildman–Crippen LogP) is -2.72. The van der Waals surface area contributed by atoms with E-state index in [-0.39, 0.29) is 51.2 Å². The normalized spacial score (nSPS) is 19.2. The number of nitrogens with zero attached hydrogens (tertiary/aromatic N) is 3. The highest BCUT2D eigenvalue weighted by atomic mass is 16.3. The first-order valence-electron chi connectivity index (χ1n) is 44.2. The minimum atomic E-state index is -1.97. The summed E-state index contributed by atoms with van der Waals surface area (Å²) in [7, 11) is 0. The predicted molar refractivity (Wildman–Crippen MR) is 475 cm³/mol. The molecule has 0 aliphatic carbocycles. The molecule has 18 amide bonds. The molecule has 3 aliphatic heterocycles. The van der Waals surface area contributed by atoms with E-state index in [2.05, 4.69) is 74.1 Å². The van der Waals surface area contributed by atoms with Crippen molar-refractivity contribution in [3.8, 4) is 0 Å². The molecule has 3 aromatic rings. The van der Waals surface area contributed by atoms with Crippen molar-refractivity contribution in [3.63, 3.8) is 0 Å². The first kappa shape index (κ1) is 107. The fraction of sp³-hybridized carbons (Fsp3) is 0.640. The quantitative estimate of drug-likeness (QED) is 0.0273. The van der Waals surface area contributed by atoms with Crippen LogP contribution in [0.15, 0.2) is 60.8 Å². The third-order valence-corrected chi connectivity index (χ3v) is 23.7. The van der Waals surface area contributed by atoms with E-state index in [0.717, 1.165) is 33.2 Å². The zero-order valence-electron chi connectivity index (χ0n) is 77.7. The Labute approximate surface area is 757 Å². The van der Waals surface area contributed by atoms with Gasteiger partial charge in [-0.3, -0.25) is 86.3 Å². The summed E-state index contributed by atoms with van der Waals surface area (Å²) in [6, 6.07) is 1.47. The number of fused-ring (bicyclic) bond motifs is 1. The molecular formula is C89H137N19O22. The highest BCUT2D eigenvalue weighted by Crippen LogP contribution is 2.29. The average molecular weight is 1830 g/mol. The lowest BCUT2D eigenvalue weighted by atomic mass is 9.94. The molecule has 0 saturated carbocycles. The van der Waals surface area contributed by atoms with E-state index >= 15 is 0 Å². The van der Waals surface area contributed by atoms with Gasteiger partial charge in [0.15, 0.2) is 0 Å². The summed E-state index contributed by atoms with van der Waals surface area (Å²) >= 11 is 0. The minimum Gasteiger partial charge on any atom is -0.394 e. The van der Waals surface area contributed by atoms with Crippen LogP contribution in [0.3, 0.4) is 0 Å². The molecule has 720 valence electrons. The molecule has 0 radical (unpaired) electrons. The number of benzene rings is 2. The summed E-state index contributed by atoms with van der Waals surface area (Å²) in [6.07, 6.45) is -3.47. The molecule has 4 heterocycles. The molecule has 41 heteroatoms. The molecular weight excluding hydrogens is 1690 g/mol. The van der Waals surface area contributed by atoms with Crippen LogP contribution in [0.2, 0.25) is 0 Å². The number of primary amides is 2. The van der Waals surface area contributed by atoms with E-state index in [0.29, 0.717) is 31.2 Å². The Bertz CT molecular complexity index is 4610. The Morgan fingerprint density at radius 2 is 0.915 bits per heavy atom. The summed E-state index contributed by atoms with van der Waals surface area (Å²) in [6.45, 7) is 24.5. The molecule has 130 heavy (non-hydrogen) atoms. The summed E-state index contributed by atoms with van der Waals surface area (Å²) < 4.78 is 0. The summed E-state index contributed by atoms with van der Waals surface area (Å²) in [4.78, 5) is 259. The number of carbonyl (C=O) groups is 18. The first-order chi connectivity index (χ1) is 60.5. The van der Waals surface area contributed by atoms with Gasteiger partial charge < -0.3 is 121 Å². The number of β-amino-alcohol motifs (C(OH)–C–C–N with tert-alkyl or cyclic N) is 2. The van der Waals surface area contributed by atoms with Gasteiger partial charge in [0.05, 0.1) is 31.0 Å². The number of H-pyrrole nitrogens is 1. The van der Waals surface area contributed by atoms with Crippen LogP contribution in [0.5, 0.6) is 0 Å². The van der Waals surface area contributed by atoms with Crippen LogP contribution in [-0.4, -0.2) is 285 Å². The smallest absolute Gasteiger partial charge is 0.248 e. The number of para-hydroxylation sites is 1. The molecule has 3 aliphatic rings. The van der Waals surface area contributed by atoms with Gasteiger partial charge >= 0.3 is 0 Å². The van der Waals surface area contributed by atoms with Crippen molar-refractivity contribution < 1.29 is 107 Å². The summed E-state index contributed by atoms with van der Waals surface area (Å²) in [5.41, 5.74) is 3.90. The third kappa shape index (κ3) is 29.4. The maximum absolute atomic E-state index is 14.8. The van der Waals surface area contributed by atoms with Crippen LogP contribution in [0.4, 0.5) is 0 Å². The van der Waals surface area contributed by atoms with Crippen molar-refractivity contribution in [2.75, 3.05) is 26.2 Å². The van der Waals surface area contributed by atoms with Crippen molar-refractivity contribution in [1.82, 2.24) is 88.8 Å². The number of aliphatic hydroxyl groups is 4. The Balaban J connectivity index is 1.08. The Morgan fingerprint density at radius 1 is 0.469 bits per heavy atom. The van der Waals surface area contributed by atoms with Crippen LogP contribution < -0.4 is 80.6 Å². The lowest BCUT2D eigenvalue weighted by Gasteiger charge is -2.37. The highest BCUT2D eigenvalue weighted by molar-refractivity contribution is 6.04. The number of likely N-dealkylation sites (tertiary alicyclic amines) is 3. The molecule has 0 bridgehead atoms. The van der Waals surface area contributed by atoms with E-state index in [4.69, 9.17) is 11.5 Å². The Kier molecular flexibility index (Phi) is 38.0. The van der Waals surface area contributed by atoms with Crippen molar-refractivity contribution >= 4 is 117 Å². The molecule has 41 nitrogen and oxygen atoms in total. The number of amides is 18. The van der Waals surface area contributed by atoms with Crippen LogP contribution in [-0.2, 0) is 99.1 Å². The second-order valence-electron chi connectivity index (χ2n) is 37.6. The van der Waals surface area contributed by atoms with Gasteiger partial charge in [-0.25, -0.2) is 0 Å². The van der Waals surface area contributed by atoms with Crippen molar-refractivity contribution in [3.05, 3.63) is 71.9 Å². The maximum atomic E-state index is 14.8. The largest absolute Gasteiger partial charge is 0.394 e. The summed E-state index contributed by atoms with van der Waals surface area (Å²) in [5, 5.41) is 78.1. The van der Waals surface area contributed by atoms with Gasteiger partial charge in [0.25, 0.3) is 0 Å². The van der Waals surface area contributed by atoms with Gasteiger partial charge in [-0.2, -0.15) is 0 Å². The maximum Gasteiger partial charge on any atom is 0.248 e. The van der Waals surface area contributed by atoms with Crippen molar-refractivity contribution in [1.29, 1.82) is 0 Å². The van der Waals surface area contributed by atoms with E-state index < -0.39 is 269 Å². The number of carbonyl (C=O) groups excluding carboxylic acids is 18. The monoisotopic (exact) mass is 1820 g/mol. The van der Waals surface area contributed by atoms with Crippen LogP contribution in [0.25, 0.3) is 10.9 Å². The number of hydrogen-bond donors (Lipinski definition) is 20. The topological polar surface area (TPSA) is 622 Å². The molecule has 3 saturated heterocycles. The molecule has 1 aromatic heterocycles. The van der Waals surface area contributed by atoms with Gasteiger partial charge in [-0.05, 0) is 150 Å². The number of nitrogens with two attached hydrogens (primary N) is 2. The van der Waals surface area contributed by atoms with Crippen LogP contribution in [0.1, 0.15) is 206 Å². The standard InChI is InChI=1S/C89H137N19O22/c1-19-47(5)67(98-70(116)61(93-50(8)111)39-52-42-92-57-30-25-24-29-56(52)57)77(123)96-59(33-35-66(91)115)71(117)101-86(11,12)81(127)100-68(48(6)20-2)78(124)99-69(49(7)110)79(125)105-85(9,10)80(126)97-60(37-46(3)4)73(119)103-89(17,18)83(129)107-43-54(112)40-63(107)75(121)95-58(32-34-65(90)114)72(118)102-88(15,16)84(130)108-44-55(113)41-64(108)76(122)104-87(13,14)82(128)106-36-26-31-62(106)74(120)94-53(45-109)38-51-27-22-21-23-28-51/h21-25,27-30,42,46-49,53-55,58-64,67-69,92,109-110,112-113H,19-20,26,31-41,43-45H2,1-18H3,(H2,90,114)(H2,91,115)(H,93,111)(H,94,120)(H,95,121)(H,96,123)(H,97,126)(H,98,116)(H,99,124)(H,100,127)(H,101,117)(H,102,118)(H,103,119)(H,104,122)(H,105,125). The molecule has 16 unspecified atom stereocenters. The van der Waals surface area contributed by atoms with E-state index in [1.807, 2.05) is 54.6 Å². The lowest BCUT2D eigenvalue weighted by molar-refractivity contribution is -0.148. The highest BCUT2D eigenvalue weighted by Gasteiger charge is 2.51. The molecule has 16 atom stereocenters. The SMILES string of the molecule is CCC(C)C(NC(=O)C(Cc1c[nH]c2ccccc12)NC(C)=O)C(=O)NC(CCC(N)=O)C(=O)NC(C)(C)C(=O)NC(C(=O)NC(C(=O)NC(C)(C)C(=O)NC(CC(C)C)C(=O)NC(C)(C)C(=O)N1CC(O)CC1C(=O)NC(CCC(N)=O)C(=O)NC(C)(C)C(=O)N1CC(O)CC1C(=O)NC(C)(C)C(=O)N1CCCC1C(=O)NC(CO)Cc1ccccc1)C(C)O)C(C)CC. The minimum absolute atomic E-state index is 0.0316. The summed E-state index contributed by atoms with van der Waals surface area (Å²) in [5.74, 6) is -17.3.